The SMILES string of the molecule is c1ccc(O[C@H]2COC3(CCN(Cc4nccs4)CC3)C2)cc1. The minimum absolute atomic E-state index is 0.0266. The van der Waals surface area contributed by atoms with E-state index in [1.807, 2.05) is 41.9 Å². The predicted molar refractivity (Wildman–Crippen MR) is 90.8 cm³/mol. The molecule has 2 aliphatic heterocycles. The number of likely N-dealkylation sites (tertiary alicyclic amines) is 1. The van der Waals surface area contributed by atoms with Gasteiger partial charge in [-0.05, 0) is 25.0 Å². The van der Waals surface area contributed by atoms with Crippen LogP contribution >= 0.6 is 11.3 Å². The summed E-state index contributed by atoms with van der Waals surface area (Å²) in [7, 11) is 0. The Bertz CT molecular complexity index is 609. The fraction of sp³-hybridized carbons (Fsp3) is 0.500. The highest BCUT2D eigenvalue weighted by Gasteiger charge is 2.43. The zero-order valence-corrected chi connectivity index (χ0v) is 14.0. The summed E-state index contributed by atoms with van der Waals surface area (Å²) in [6, 6.07) is 10.1. The van der Waals surface area contributed by atoms with E-state index in [0.717, 1.165) is 44.6 Å². The number of hydrogen-bond donors (Lipinski definition) is 0. The quantitative estimate of drug-likeness (QED) is 0.861. The molecule has 1 atom stereocenters. The standard InChI is InChI=1S/C18H22N2O2S/c1-2-4-15(5-3-1)22-16-12-18(21-14-16)6-9-20(10-7-18)13-17-19-8-11-23-17/h1-5,8,11,16H,6-7,9-10,12-14H2/t16-/m1/s1. The first-order chi connectivity index (χ1) is 11.3. The summed E-state index contributed by atoms with van der Waals surface area (Å²) >= 11 is 1.74. The van der Waals surface area contributed by atoms with E-state index >= 15 is 0 Å². The van der Waals surface area contributed by atoms with Crippen LogP contribution < -0.4 is 4.74 Å². The smallest absolute Gasteiger partial charge is 0.125 e. The fourth-order valence-electron chi connectivity index (χ4n) is 3.56. The van der Waals surface area contributed by atoms with Crippen molar-refractivity contribution in [1.82, 2.24) is 9.88 Å². The van der Waals surface area contributed by atoms with E-state index in [-0.39, 0.29) is 11.7 Å². The molecule has 1 aromatic carbocycles. The Labute approximate surface area is 141 Å². The Morgan fingerprint density at radius 1 is 1.26 bits per heavy atom. The zero-order valence-electron chi connectivity index (χ0n) is 13.2. The van der Waals surface area contributed by atoms with Gasteiger partial charge in [0.25, 0.3) is 0 Å². The lowest BCUT2D eigenvalue weighted by molar-refractivity contribution is -0.0454. The van der Waals surface area contributed by atoms with Gasteiger partial charge in [-0.15, -0.1) is 11.3 Å². The van der Waals surface area contributed by atoms with Crippen LogP contribution in [-0.2, 0) is 11.3 Å². The lowest BCUT2D eigenvalue weighted by Crippen LogP contribution is -2.44. The molecular weight excluding hydrogens is 308 g/mol. The fourth-order valence-corrected chi connectivity index (χ4v) is 4.22. The molecule has 1 spiro atoms. The maximum absolute atomic E-state index is 6.19. The van der Waals surface area contributed by atoms with E-state index in [2.05, 4.69) is 9.88 Å². The summed E-state index contributed by atoms with van der Waals surface area (Å²) in [5.41, 5.74) is 0.0266. The summed E-state index contributed by atoms with van der Waals surface area (Å²) < 4.78 is 12.3. The molecule has 4 rings (SSSR count). The van der Waals surface area contributed by atoms with E-state index < -0.39 is 0 Å². The first kappa shape index (κ1) is 15.1. The van der Waals surface area contributed by atoms with Gasteiger partial charge in [-0.2, -0.15) is 0 Å². The number of ether oxygens (including phenoxy) is 2. The molecular formula is C18H22N2O2S. The van der Waals surface area contributed by atoms with Crippen molar-refractivity contribution in [2.45, 2.75) is 37.5 Å². The summed E-state index contributed by atoms with van der Waals surface area (Å²) in [6.07, 6.45) is 5.26. The van der Waals surface area contributed by atoms with Crippen molar-refractivity contribution < 1.29 is 9.47 Å². The van der Waals surface area contributed by atoms with Crippen LogP contribution in [0.3, 0.4) is 0 Å². The van der Waals surface area contributed by atoms with E-state index in [4.69, 9.17) is 9.47 Å². The maximum atomic E-state index is 6.19. The molecule has 4 nitrogen and oxygen atoms in total. The summed E-state index contributed by atoms with van der Waals surface area (Å²) in [6.45, 7) is 3.84. The molecule has 0 saturated carbocycles. The van der Waals surface area contributed by atoms with Crippen molar-refractivity contribution in [2.75, 3.05) is 19.7 Å². The van der Waals surface area contributed by atoms with Gasteiger partial charge in [0, 0.05) is 31.1 Å². The molecule has 1 aromatic heterocycles. The average Bonchev–Trinajstić information content (AvgIpc) is 3.22. The van der Waals surface area contributed by atoms with Crippen LogP contribution in [0.25, 0.3) is 0 Å². The predicted octanol–water partition coefficient (Wildman–Crippen LogP) is 3.35. The van der Waals surface area contributed by atoms with Crippen molar-refractivity contribution in [2.24, 2.45) is 0 Å². The van der Waals surface area contributed by atoms with Crippen LogP contribution in [0, 0.1) is 0 Å². The Kier molecular flexibility index (Phi) is 4.33. The molecule has 5 heteroatoms. The monoisotopic (exact) mass is 330 g/mol. The highest BCUT2D eigenvalue weighted by atomic mass is 32.1. The number of rotatable bonds is 4. The Morgan fingerprint density at radius 3 is 2.83 bits per heavy atom. The van der Waals surface area contributed by atoms with Crippen molar-refractivity contribution in [3.63, 3.8) is 0 Å². The largest absolute Gasteiger partial charge is 0.488 e. The van der Waals surface area contributed by atoms with Gasteiger partial charge >= 0.3 is 0 Å². The van der Waals surface area contributed by atoms with Crippen LogP contribution in [0.4, 0.5) is 0 Å². The van der Waals surface area contributed by atoms with Gasteiger partial charge < -0.3 is 9.47 Å². The molecule has 0 bridgehead atoms. The highest BCUT2D eigenvalue weighted by molar-refractivity contribution is 7.09. The highest BCUT2D eigenvalue weighted by Crippen LogP contribution is 2.37. The summed E-state index contributed by atoms with van der Waals surface area (Å²) in [5.74, 6) is 0.944. The number of piperidine rings is 1. The van der Waals surface area contributed by atoms with Crippen molar-refractivity contribution in [1.29, 1.82) is 0 Å². The van der Waals surface area contributed by atoms with Crippen molar-refractivity contribution >= 4 is 11.3 Å². The number of aromatic nitrogens is 1. The lowest BCUT2D eigenvalue weighted by atomic mass is 9.88. The van der Waals surface area contributed by atoms with Crippen LogP contribution in [0.1, 0.15) is 24.3 Å². The van der Waals surface area contributed by atoms with E-state index in [1.165, 1.54) is 5.01 Å². The van der Waals surface area contributed by atoms with Gasteiger partial charge in [-0.1, -0.05) is 18.2 Å². The van der Waals surface area contributed by atoms with E-state index in [0.29, 0.717) is 6.61 Å². The van der Waals surface area contributed by atoms with Gasteiger partial charge in [0.15, 0.2) is 0 Å². The first-order valence-corrected chi connectivity index (χ1v) is 9.16. The topological polar surface area (TPSA) is 34.6 Å². The van der Waals surface area contributed by atoms with E-state index in [1.54, 1.807) is 11.3 Å². The molecule has 3 heterocycles. The Hall–Kier alpha value is -1.43. The van der Waals surface area contributed by atoms with Crippen LogP contribution in [0.15, 0.2) is 41.9 Å². The number of thiazole rings is 1. The van der Waals surface area contributed by atoms with Gasteiger partial charge in [0.1, 0.15) is 16.9 Å². The molecule has 122 valence electrons. The third-order valence-electron chi connectivity index (χ3n) is 4.83. The molecule has 23 heavy (non-hydrogen) atoms. The number of nitrogens with zero attached hydrogens (tertiary/aromatic N) is 2. The van der Waals surface area contributed by atoms with Crippen LogP contribution in [0.5, 0.6) is 5.75 Å². The second-order valence-electron chi connectivity index (χ2n) is 6.45. The van der Waals surface area contributed by atoms with Gasteiger partial charge in [0.05, 0.1) is 18.8 Å². The molecule has 0 amide bonds. The normalized spacial score (nSPS) is 24.1. The third kappa shape index (κ3) is 3.57. The second kappa shape index (κ2) is 6.59. The van der Waals surface area contributed by atoms with E-state index in [9.17, 15) is 0 Å². The zero-order chi connectivity index (χ0) is 15.5. The molecule has 2 fully saturated rings. The Balaban J connectivity index is 1.29. The molecule has 0 aliphatic carbocycles. The van der Waals surface area contributed by atoms with Crippen molar-refractivity contribution in [3.8, 4) is 5.75 Å². The molecule has 2 saturated heterocycles. The molecule has 0 N–H and O–H groups in total. The average molecular weight is 330 g/mol. The molecule has 0 radical (unpaired) electrons. The first-order valence-electron chi connectivity index (χ1n) is 8.28. The van der Waals surface area contributed by atoms with Crippen LogP contribution in [0.2, 0.25) is 0 Å². The van der Waals surface area contributed by atoms with Gasteiger partial charge in [-0.25, -0.2) is 4.98 Å². The maximum Gasteiger partial charge on any atom is 0.125 e. The third-order valence-corrected chi connectivity index (χ3v) is 5.60. The summed E-state index contributed by atoms with van der Waals surface area (Å²) in [4.78, 5) is 6.87. The Morgan fingerprint density at radius 2 is 2.09 bits per heavy atom. The molecule has 0 unspecified atom stereocenters. The number of hydrogen-bond acceptors (Lipinski definition) is 5. The molecule has 2 aromatic rings. The molecule has 2 aliphatic rings. The lowest BCUT2D eigenvalue weighted by Gasteiger charge is -2.38. The van der Waals surface area contributed by atoms with Gasteiger partial charge in [0.2, 0.25) is 0 Å². The van der Waals surface area contributed by atoms with Crippen molar-refractivity contribution in [3.05, 3.63) is 46.9 Å². The van der Waals surface area contributed by atoms with Crippen LogP contribution in [-0.4, -0.2) is 41.3 Å². The minimum atomic E-state index is 0.0266. The van der Waals surface area contributed by atoms with Gasteiger partial charge in [-0.3, -0.25) is 4.90 Å². The number of benzene rings is 1. The summed E-state index contributed by atoms with van der Waals surface area (Å²) in [5, 5.41) is 3.26. The second-order valence-corrected chi connectivity index (χ2v) is 7.43. The minimum Gasteiger partial charge on any atom is -0.488 e. The number of para-hydroxylation sites is 1.